The Hall–Kier alpha value is -1.88. The van der Waals surface area contributed by atoms with Gasteiger partial charge >= 0.3 is 5.97 Å². The fourth-order valence-electron chi connectivity index (χ4n) is 1.40. The zero-order chi connectivity index (χ0) is 13.0. The molecule has 0 amide bonds. The van der Waals surface area contributed by atoms with Crippen LogP contribution in [0.2, 0.25) is 0 Å². The molecule has 3 nitrogen and oxygen atoms in total. The largest absolute Gasteiger partial charge is 0.478 e. The van der Waals surface area contributed by atoms with Crippen LogP contribution in [0.25, 0.3) is 0 Å². The van der Waals surface area contributed by atoms with Crippen LogP contribution in [0, 0.1) is 5.82 Å². The standard InChI is InChI=1S/C13H10FNO2S/c14-11-5-9(6-15-7-11)8-18-12-3-1-10(2-4-12)13(16)17/h1-7H,8H2,(H,16,17). The van der Waals surface area contributed by atoms with Gasteiger partial charge in [0.25, 0.3) is 0 Å². The van der Waals surface area contributed by atoms with E-state index < -0.39 is 5.97 Å². The predicted molar refractivity (Wildman–Crippen MR) is 67.2 cm³/mol. The second kappa shape index (κ2) is 5.64. The minimum absolute atomic E-state index is 0.256. The lowest BCUT2D eigenvalue weighted by Crippen LogP contribution is -1.94. The number of carbonyl (C=O) groups is 1. The van der Waals surface area contributed by atoms with Gasteiger partial charge in [0.05, 0.1) is 11.8 Å². The number of halogens is 1. The predicted octanol–water partition coefficient (Wildman–Crippen LogP) is 3.21. The molecule has 2 rings (SSSR count). The topological polar surface area (TPSA) is 50.2 Å². The molecule has 0 aliphatic heterocycles. The first-order chi connectivity index (χ1) is 8.65. The van der Waals surface area contributed by atoms with Crippen molar-refractivity contribution in [1.29, 1.82) is 0 Å². The van der Waals surface area contributed by atoms with Gasteiger partial charge < -0.3 is 5.11 Å². The summed E-state index contributed by atoms with van der Waals surface area (Å²) in [4.78, 5) is 15.4. The van der Waals surface area contributed by atoms with Crippen LogP contribution in [0.4, 0.5) is 4.39 Å². The van der Waals surface area contributed by atoms with Gasteiger partial charge in [-0.25, -0.2) is 9.18 Å². The van der Waals surface area contributed by atoms with Crippen LogP contribution in [0.1, 0.15) is 15.9 Å². The highest BCUT2D eigenvalue weighted by Crippen LogP contribution is 2.22. The van der Waals surface area contributed by atoms with E-state index in [0.717, 1.165) is 16.7 Å². The molecule has 0 aliphatic carbocycles. The molecule has 0 fully saturated rings. The van der Waals surface area contributed by atoms with Gasteiger partial charge in [-0.1, -0.05) is 0 Å². The number of thioether (sulfide) groups is 1. The quantitative estimate of drug-likeness (QED) is 0.860. The molecule has 0 spiro atoms. The van der Waals surface area contributed by atoms with E-state index in [4.69, 9.17) is 5.11 Å². The van der Waals surface area contributed by atoms with Gasteiger partial charge in [0.1, 0.15) is 5.82 Å². The number of pyridine rings is 1. The second-order valence-corrected chi connectivity index (χ2v) is 4.68. The molecule has 0 saturated heterocycles. The van der Waals surface area contributed by atoms with Crippen LogP contribution in [0.15, 0.2) is 47.6 Å². The number of aromatic nitrogens is 1. The molecule has 1 heterocycles. The van der Waals surface area contributed by atoms with E-state index in [9.17, 15) is 9.18 Å². The molecule has 1 aromatic heterocycles. The Labute approximate surface area is 108 Å². The average molecular weight is 263 g/mol. The lowest BCUT2D eigenvalue weighted by molar-refractivity contribution is 0.0697. The lowest BCUT2D eigenvalue weighted by Gasteiger charge is -2.02. The minimum atomic E-state index is -0.944. The number of hydrogen-bond acceptors (Lipinski definition) is 3. The Morgan fingerprint density at radius 1 is 1.28 bits per heavy atom. The highest BCUT2D eigenvalue weighted by Gasteiger charge is 2.03. The molecule has 0 saturated carbocycles. The lowest BCUT2D eigenvalue weighted by atomic mass is 10.2. The summed E-state index contributed by atoms with van der Waals surface area (Å²) in [5, 5.41) is 8.76. The van der Waals surface area contributed by atoms with Crippen LogP contribution >= 0.6 is 11.8 Å². The van der Waals surface area contributed by atoms with Crippen molar-refractivity contribution in [2.24, 2.45) is 0 Å². The van der Waals surface area contributed by atoms with Crippen LogP contribution in [-0.2, 0) is 5.75 Å². The molecule has 0 radical (unpaired) electrons. The van der Waals surface area contributed by atoms with Crippen molar-refractivity contribution in [3.05, 3.63) is 59.7 Å². The van der Waals surface area contributed by atoms with Gasteiger partial charge in [0.2, 0.25) is 0 Å². The molecule has 2 aromatic rings. The number of aromatic carboxylic acids is 1. The first-order valence-corrected chi connectivity index (χ1v) is 6.19. The Balaban J connectivity index is 2.00. The van der Waals surface area contributed by atoms with Crippen LogP contribution in [0.3, 0.4) is 0 Å². The number of carboxylic acids is 1. The Morgan fingerprint density at radius 3 is 2.61 bits per heavy atom. The fraction of sp³-hybridized carbons (Fsp3) is 0.0769. The van der Waals surface area contributed by atoms with Crippen LogP contribution in [-0.4, -0.2) is 16.1 Å². The van der Waals surface area contributed by atoms with E-state index >= 15 is 0 Å². The second-order valence-electron chi connectivity index (χ2n) is 3.63. The molecule has 0 atom stereocenters. The van der Waals surface area contributed by atoms with Gasteiger partial charge in [-0.15, -0.1) is 11.8 Å². The zero-order valence-corrected chi connectivity index (χ0v) is 10.2. The van der Waals surface area contributed by atoms with Crippen molar-refractivity contribution in [2.45, 2.75) is 10.6 Å². The summed E-state index contributed by atoms with van der Waals surface area (Å²) >= 11 is 1.50. The van der Waals surface area contributed by atoms with E-state index in [-0.39, 0.29) is 11.4 Å². The molecular formula is C13H10FNO2S. The third-order valence-corrected chi connectivity index (χ3v) is 3.35. The van der Waals surface area contributed by atoms with Gasteiger partial charge in [0.15, 0.2) is 0 Å². The Kier molecular flexibility index (Phi) is 3.94. The summed E-state index contributed by atoms with van der Waals surface area (Å²) in [6, 6.07) is 8.01. The fourth-order valence-corrected chi connectivity index (χ4v) is 2.21. The minimum Gasteiger partial charge on any atom is -0.478 e. The number of carboxylic acid groups (broad SMARTS) is 1. The van der Waals surface area contributed by atoms with Crippen molar-refractivity contribution >= 4 is 17.7 Å². The maximum Gasteiger partial charge on any atom is 0.335 e. The monoisotopic (exact) mass is 263 g/mol. The average Bonchev–Trinajstić information content (AvgIpc) is 2.37. The van der Waals surface area contributed by atoms with Crippen LogP contribution < -0.4 is 0 Å². The highest BCUT2D eigenvalue weighted by molar-refractivity contribution is 7.98. The van der Waals surface area contributed by atoms with Crippen LogP contribution in [0.5, 0.6) is 0 Å². The summed E-state index contributed by atoms with van der Waals surface area (Å²) < 4.78 is 12.9. The number of nitrogens with zero attached hydrogens (tertiary/aromatic N) is 1. The van der Waals surface area contributed by atoms with Crippen molar-refractivity contribution < 1.29 is 14.3 Å². The summed E-state index contributed by atoms with van der Waals surface area (Å²) in [6.45, 7) is 0. The van der Waals surface area contributed by atoms with Crippen molar-refractivity contribution in [3.63, 3.8) is 0 Å². The molecule has 1 N–H and O–H groups in total. The number of hydrogen-bond donors (Lipinski definition) is 1. The van der Waals surface area contributed by atoms with Crippen molar-refractivity contribution in [1.82, 2.24) is 4.98 Å². The summed E-state index contributed by atoms with van der Waals surface area (Å²) in [7, 11) is 0. The van der Waals surface area contributed by atoms with E-state index in [2.05, 4.69) is 4.98 Å². The van der Waals surface area contributed by atoms with Crippen molar-refractivity contribution in [3.8, 4) is 0 Å². The Bertz CT molecular complexity index is 557. The molecule has 5 heteroatoms. The van der Waals surface area contributed by atoms with Gasteiger partial charge in [0, 0.05) is 16.8 Å². The first-order valence-electron chi connectivity index (χ1n) is 5.21. The smallest absolute Gasteiger partial charge is 0.335 e. The van der Waals surface area contributed by atoms with Gasteiger partial charge in [-0.05, 0) is 35.9 Å². The Morgan fingerprint density at radius 2 is 2.00 bits per heavy atom. The van der Waals surface area contributed by atoms with E-state index in [1.54, 1.807) is 30.5 Å². The summed E-state index contributed by atoms with van der Waals surface area (Å²) in [5.74, 6) is -0.702. The molecule has 18 heavy (non-hydrogen) atoms. The summed E-state index contributed by atoms with van der Waals surface area (Å²) in [6.07, 6.45) is 2.78. The number of rotatable bonds is 4. The van der Waals surface area contributed by atoms with Gasteiger partial charge in [-0.3, -0.25) is 4.98 Å². The normalized spacial score (nSPS) is 10.3. The summed E-state index contributed by atoms with van der Waals surface area (Å²) in [5.41, 5.74) is 1.05. The maximum atomic E-state index is 12.9. The highest BCUT2D eigenvalue weighted by atomic mass is 32.2. The van der Waals surface area contributed by atoms with Crippen molar-refractivity contribution in [2.75, 3.05) is 0 Å². The molecule has 0 unspecified atom stereocenters. The number of benzene rings is 1. The third-order valence-electron chi connectivity index (χ3n) is 2.27. The molecule has 0 bridgehead atoms. The van der Waals surface area contributed by atoms with Gasteiger partial charge in [-0.2, -0.15) is 0 Å². The third kappa shape index (κ3) is 3.30. The zero-order valence-electron chi connectivity index (χ0n) is 9.34. The molecule has 0 aliphatic rings. The molecular weight excluding hydrogens is 253 g/mol. The molecule has 92 valence electrons. The SMILES string of the molecule is O=C(O)c1ccc(SCc2cncc(F)c2)cc1. The van der Waals surface area contributed by atoms with E-state index in [0.29, 0.717) is 5.75 Å². The van der Waals surface area contributed by atoms with E-state index in [1.807, 2.05) is 0 Å². The van der Waals surface area contributed by atoms with E-state index in [1.165, 1.54) is 17.8 Å². The molecule has 1 aromatic carbocycles. The maximum absolute atomic E-state index is 12.9. The first kappa shape index (κ1) is 12.6.